The molecule has 1 fully saturated rings. The molecule has 0 unspecified atom stereocenters. The summed E-state index contributed by atoms with van der Waals surface area (Å²) in [4.78, 5) is 63.3. The quantitative estimate of drug-likeness (QED) is 0.144. The van der Waals surface area contributed by atoms with E-state index in [1.807, 2.05) is 0 Å². The van der Waals surface area contributed by atoms with E-state index in [1.54, 1.807) is 0 Å². The van der Waals surface area contributed by atoms with Gasteiger partial charge in [-0.1, -0.05) is 0 Å². The zero-order valence-electron chi connectivity index (χ0n) is 18.0. The minimum absolute atomic E-state index is 0. The van der Waals surface area contributed by atoms with Gasteiger partial charge in [0.1, 0.15) is 0 Å². The van der Waals surface area contributed by atoms with E-state index >= 15 is 0 Å². The monoisotopic (exact) mass is 657 g/mol. The molecule has 1 aliphatic heterocycles. The van der Waals surface area contributed by atoms with Gasteiger partial charge in [0.2, 0.25) is 0 Å². The third kappa shape index (κ3) is 14.0. The predicted molar refractivity (Wildman–Crippen MR) is 111 cm³/mol. The van der Waals surface area contributed by atoms with Crippen molar-refractivity contribution < 1.29 is 70.3 Å². The minimum Gasteiger partial charge on any atom is -0.693 e. The fourth-order valence-corrected chi connectivity index (χ4v) is 2.47. The van der Waals surface area contributed by atoms with Crippen molar-refractivity contribution in [2.75, 3.05) is 13.1 Å². The van der Waals surface area contributed by atoms with E-state index in [-0.39, 0.29) is 58.0 Å². The number of hydrogen-bond donors (Lipinski definition) is 5. The molecule has 0 aromatic rings. The summed E-state index contributed by atoms with van der Waals surface area (Å²) in [6.07, 6.45) is 4.92. The normalized spacial score (nSPS) is 14.3. The second-order valence-corrected chi connectivity index (χ2v) is 6.52. The van der Waals surface area contributed by atoms with Gasteiger partial charge >= 0.3 is 39.1 Å². The number of nitrogens with one attached hydrogen (secondary N) is 1. The molecule has 9 N–H and O–H groups in total. The number of nitrogens with zero attached hydrogens (tertiary/aromatic N) is 1. The minimum atomic E-state index is -1.44. The number of imide groups is 1. The first-order valence-corrected chi connectivity index (χ1v) is 9.10. The van der Waals surface area contributed by atoms with Crippen LogP contribution >= 0.6 is 0 Å². The second kappa shape index (κ2) is 18.7. The number of carbonyl (C=O) groups is 6. The maximum Gasteiger partial charge on any atom is 2.00 e. The van der Waals surface area contributed by atoms with Gasteiger partial charge in [-0.25, -0.2) is 4.79 Å². The van der Waals surface area contributed by atoms with E-state index < -0.39 is 29.4 Å². The van der Waals surface area contributed by atoms with E-state index in [9.17, 15) is 24.0 Å². The molecule has 14 nitrogen and oxygen atoms in total. The molecule has 1 aliphatic carbocycles. The van der Waals surface area contributed by atoms with E-state index in [4.69, 9.17) is 25.2 Å². The van der Waals surface area contributed by atoms with Gasteiger partial charge in [-0.15, -0.1) is 0 Å². The van der Waals surface area contributed by atoms with E-state index in [0.29, 0.717) is 32.4 Å². The first-order chi connectivity index (χ1) is 13.9. The van der Waals surface area contributed by atoms with Crippen LogP contribution in [0.15, 0.2) is 12.2 Å². The number of nitrogens with two attached hydrogens (primary N) is 2. The fraction of sp³-hybridized carbons (Fsp3) is 0.556. The van der Waals surface area contributed by atoms with Crippen molar-refractivity contribution in [3.05, 3.63) is 24.5 Å². The van der Waals surface area contributed by atoms with Gasteiger partial charge in [0.25, 0.3) is 17.8 Å². The molecule has 2 aliphatic rings. The first kappa shape index (κ1) is 37.5. The zero-order valence-corrected chi connectivity index (χ0v) is 20.2. The van der Waals surface area contributed by atoms with Crippen molar-refractivity contribution in [2.24, 2.45) is 5.41 Å². The maximum absolute atomic E-state index is 11.1. The van der Waals surface area contributed by atoms with Crippen molar-refractivity contribution in [2.45, 2.75) is 45.4 Å². The van der Waals surface area contributed by atoms with Gasteiger partial charge in [-0.2, -0.15) is 0 Å². The summed E-state index contributed by atoms with van der Waals surface area (Å²) in [6.45, 7) is 1.88. The summed E-state index contributed by atoms with van der Waals surface area (Å²) in [7, 11) is 0. The van der Waals surface area contributed by atoms with Gasteiger partial charge in [-0.05, 0) is 38.5 Å². The van der Waals surface area contributed by atoms with Gasteiger partial charge in [0.15, 0.2) is 5.41 Å². The Morgan fingerprint density at radius 1 is 0.909 bits per heavy atom. The molecule has 192 valence electrons. The van der Waals surface area contributed by atoms with E-state index in [1.165, 1.54) is 17.1 Å². The number of carboxylic acids is 3. The summed E-state index contributed by atoms with van der Waals surface area (Å²) in [5.74, 6) is -3.78. The molecule has 0 radical (unpaired) electrons. The summed E-state index contributed by atoms with van der Waals surface area (Å²) >= 11 is 0. The first-order valence-electron chi connectivity index (χ1n) is 9.10. The number of rotatable bonds is 8. The van der Waals surface area contributed by atoms with Gasteiger partial charge in [0.05, 0.1) is 0 Å². The molecule has 0 spiro atoms. The molecule has 15 heteroatoms. The molecule has 2 rings (SSSR count). The second-order valence-electron chi connectivity index (χ2n) is 6.52. The van der Waals surface area contributed by atoms with Crippen molar-refractivity contribution in [1.29, 1.82) is 0 Å². The maximum atomic E-state index is 11.1. The standard InChI is InChI=1S/C10H14N2O4.C6H8O4.C2H4O2.2H2N.Pt/c13-8-4-5-9(14)12(8)7-3-1-2-6-11-10(15)16;7-4(8)6(5(9)10)2-1-3-6;1-2(3)4;;;/h4-5,11H,1-3,6-7H2,(H,15,16);1-3H2,(H,7,8)(H,9,10);1H3,(H,3,4);2*1H2;/q;;;2*-1;+2. The number of carbonyl (C=O) groups excluding carboxylic acids is 2. The van der Waals surface area contributed by atoms with Crippen LogP contribution in [-0.2, 0) is 45.0 Å². The Morgan fingerprint density at radius 3 is 1.61 bits per heavy atom. The summed E-state index contributed by atoms with van der Waals surface area (Å²) < 4.78 is 0. The van der Waals surface area contributed by atoms with Crippen LogP contribution in [0.25, 0.3) is 12.3 Å². The largest absolute Gasteiger partial charge is 2.00 e. The summed E-state index contributed by atoms with van der Waals surface area (Å²) in [6, 6.07) is 0. The van der Waals surface area contributed by atoms with Gasteiger partial charge in [0, 0.05) is 32.2 Å². The van der Waals surface area contributed by atoms with Crippen LogP contribution in [0.5, 0.6) is 0 Å². The van der Waals surface area contributed by atoms with Crippen molar-refractivity contribution >= 4 is 35.8 Å². The third-order valence-corrected chi connectivity index (χ3v) is 4.26. The zero-order chi connectivity index (χ0) is 23.3. The van der Waals surface area contributed by atoms with Crippen molar-refractivity contribution in [3.8, 4) is 0 Å². The smallest absolute Gasteiger partial charge is 0.693 e. The number of unbranched alkanes of at least 4 members (excludes halogenated alkanes) is 2. The predicted octanol–water partition coefficient (Wildman–Crippen LogP) is 2.20. The van der Waals surface area contributed by atoms with E-state index in [2.05, 4.69) is 5.32 Å². The number of amides is 3. The average molecular weight is 658 g/mol. The average Bonchev–Trinajstić information content (AvgIpc) is 2.87. The molecule has 0 saturated heterocycles. The van der Waals surface area contributed by atoms with Crippen LogP contribution in [0.4, 0.5) is 4.79 Å². The van der Waals surface area contributed by atoms with Gasteiger partial charge in [-0.3, -0.25) is 28.9 Å². The van der Waals surface area contributed by atoms with Crippen LogP contribution < -0.4 is 5.32 Å². The Bertz CT molecular complexity index is 672. The molecule has 1 heterocycles. The van der Waals surface area contributed by atoms with Crippen LogP contribution in [0.3, 0.4) is 0 Å². The molecule has 0 aromatic heterocycles. The van der Waals surface area contributed by atoms with Crippen LogP contribution in [0.1, 0.15) is 45.4 Å². The molecular weight excluding hydrogens is 627 g/mol. The number of carboxylic acid groups (broad SMARTS) is 4. The molecular formula is C18H30N4O10Pt. The Labute approximate surface area is 204 Å². The van der Waals surface area contributed by atoms with Crippen LogP contribution in [-0.4, -0.2) is 74.2 Å². The summed E-state index contributed by atoms with van der Waals surface area (Å²) in [5, 5.41) is 34.9. The van der Waals surface area contributed by atoms with E-state index in [0.717, 1.165) is 13.3 Å². The van der Waals surface area contributed by atoms with Crippen molar-refractivity contribution in [3.63, 3.8) is 0 Å². The Morgan fingerprint density at radius 2 is 1.33 bits per heavy atom. The molecule has 3 amide bonds. The fourth-order valence-electron chi connectivity index (χ4n) is 2.47. The molecule has 33 heavy (non-hydrogen) atoms. The van der Waals surface area contributed by atoms with Gasteiger partial charge < -0.3 is 38.0 Å². The summed E-state index contributed by atoms with van der Waals surface area (Å²) in [5.41, 5.74) is -1.44. The van der Waals surface area contributed by atoms with Crippen molar-refractivity contribution in [1.82, 2.24) is 10.2 Å². The SMILES string of the molecule is CC(=O)O.O=C(O)C1(C(=O)O)CCC1.O=C(O)NCCCCCN1C(=O)C=CC1=O.[NH2-].[NH2-].[Pt+2]. The molecule has 1 saturated carbocycles. The third-order valence-electron chi connectivity index (χ3n) is 4.26. The van der Waals surface area contributed by atoms with Crippen LogP contribution in [0, 0.1) is 5.41 Å². The van der Waals surface area contributed by atoms with Crippen LogP contribution in [0.2, 0.25) is 0 Å². The Hall–Kier alpha value is -2.83. The molecule has 0 aromatic carbocycles. The molecule has 0 atom stereocenters. The Kier molecular flexibility index (Phi) is 21.3. The molecule has 0 bridgehead atoms. The number of aliphatic carboxylic acids is 3. The Balaban J connectivity index is -0.000000215. The topological polar surface area (TPSA) is 266 Å². The number of hydrogen-bond acceptors (Lipinski definition) is 6.